The van der Waals surface area contributed by atoms with Gasteiger partial charge in [-0.3, -0.25) is 19.2 Å². The molecule has 0 saturated carbocycles. The first-order chi connectivity index (χ1) is 12.2. The van der Waals surface area contributed by atoms with E-state index < -0.39 is 29.3 Å². The van der Waals surface area contributed by atoms with E-state index in [-0.39, 0.29) is 38.8 Å². The number of aromatic hydroxyl groups is 1. The number of phenolic OH excluding ortho intramolecular Hbond substituents is 1. The molecule has 0 bridgehead atoms. The molecule has 132 valence electrons. The summed E-state index contributed by atoms with van der Waals surface area (Å²) in [6.45, 7) is 2.22. The average Bonchev–Trinajstić information content (AvgIpc) is 2.53. The van der Waals surface area contributed by atoms with Crippen LogP contribution in [0, 0.1) is 0 Å². The van der Waals surface area contributed by atoms with Crippen LogP contribution in [-0.2, 0) is 9.59 Å². The van der Waals surface area contributed by atoms with Gasteiger partial charge >= 0.3 is 11.9 Å². The second-order valence-electron chi connectivity index (χ2n) is 5.48. The second-order valence-corrected chi connectivity index (χ2v) is 5.89. The summed E-state index contributed by atoms with van der Waals surface area (Å²) >= 11 is 6.08. The molecule has 0 saturated heterocycles. The number of hydrogen-bond acceptors (Lipinski definition) is 7. The highest BCUT2D eigenvalue weighted by Gasteiger charge is 2.38. The molecule has 1 aliphatic rings. The van der Waals surface area contributed by atoms with Gasteiger partial charge in [0.05, 0.1) is 21.7 Å². The van der Waals surface area contributed by atoms with Crippen molar-refractivity contribution in [3.63, 3.8) is 0 Å². The van der Waals surface area contributed by atoms with Gasteiger partial charge in [0, 0.05) is 25.5 Å². The molecule has 0 spiro atoms. The van der Waals surface area contributed by atoms with Gasteiger partial charge in [0.25, 0.3) is 0 Å². The van der Waals surface area contributed by atoms with Gasteiger partial charge in [-0.25, -0.2) is 0 Å². The van der Waals surface area contributed by atoms with Gasteiger partial charge in [0.1, 0.15) is 11.5 Å². The molecule has 1 N–H and O–H groups in total. The molecule has 0 heterocycles. The highest BCUT2D eigenvalue weighted by Crippen LogP contribution is 2.44. The zero-order valence-electron chi connectivity index (χ0n) is 13.6. The molecule has 2 aromatic carbocycles. The van der Waals surface area contributed by atoms with Crippen LogP contribution in [0.1, 0.15) is 45.7 Å². The Bertz CT molecular complexity index is 1010. The number of esters is 2. The second kappa shape index (κ2) is 6.27. The van der Waals surface area contributed by atoms with E-state index in [9.17, 15) is 24.3 Å². The minimum atomic E-state index is -0.756. The Hall–Kier alpha value is -3.19. The number of ether oxygens (including phenoxy) is 2. The Labute approximate surface area is 152 Å². The van der Waals surface area contributed by atoms with Crippen LogP contribution in [-0.4, -0.2) is 28.6 Å². The lowest BCUT2D eigenvalue weighted by molar-refractivity contribution is -0.133. The Morgan fingerprint density at radius 1 is 0.962 bits per heavy atom. The topological polar surface area (TPSA) is 107 Å². The van der Waals surface area contributed by atoms with Gasteiger partial charge in [0.2, 0.25) is 5.78 Å². The fraction of sp³-hybridized carbons (Fsp3) is 0.111. The molecule has 0 aromatic heterocycles. The molecule has 2 aromatic rings. The van der Waals surface area contributed by atoms with Gasteiger partial charge in [-0.05, 0) is 6.07 Å². The van der Waals surface area contributed by atoms with Crippen LogP contribution in [0.25, 0.3) is 0 Å². The van der Waals surface area contributed by atoms with Crippen LogP contribution in [0.2, 0.25) is 5.02 Å². The molecule has 7 nitrogen and oxygen atoms in total. The number of benzene rings is 2. The van der Waals surface area contributed by atoms with Crippen molar-refractivity contribution in [3.05, 3.63) is 51.5 Å². The lowest BCUT2D eigenvalue weighted by Crippen LogP contribution is -2.24. The Morgan fingerprint density at radius 3 is 2.23 bits per heavy atom. The molecule has 0 aliphatic heterocycles. The molecule has 0 unspecified atom stereocenters. The van der Waals surface area contributed by atoms with Crippen molar-refractivity contribution in [2.45, 2.75) is 13.8 Å². The summed E-state index contributed by atoms with van der Waals surface area (Å²) in [7, 11) is 0. The quantitative estimate of drug-likeness (QED) is 0.542. The maximum atomic E-state index is 12.9. The van der Waals surface area contributed by atoms with Crippen molar-refractivity contribution >= 4 is 35.1 Å². The van der Waals surface area contributed by atoms with E-state index in [4.69, 9.17) is 21.1 Å². The van der Waals surface area contributed by atoms with E-state index in [2.05, 4.69) is 0 Å². The molecule has 0 atom stereocenters. The van der Waals surface area contributed by atoms with Crippen LogP contribution in [0.3, 0.4) is 0 Å². The number of rotatable bonds is 2. The summed E-state index contributed by atoms with van der Waals surface area (Å²) in [5.74, 6) is -3.92. The minimum Gasteiger partial charge on any atom is -0.507 e. The number of carbonyl (C=O) groups excluding carboxylic acids is 4. The number of ketones is 2. The van der Waals surface area contributed by atoms with Gasteiger partial charge in [-0.15, -0.1) is 0 Å². The van der Waals surface area contributed by atoms with Gasteiger partial charge in [0.15, 0.2) is 11.5 Å². The Kier molecular flexibility index (Phi) is 4.25. The lowest BCUT2D eigenvalue weighted by atomic mass is 9.82. The number of hydrogen-bond donors (Lipinski definition) is 1. The van der Waals surface area contributed by atoms with E-state index in [0.29, 0.717) is 0 Å². The van der Waals surface area contributed by atoms with Crippen LogP contribution in [0.5, 0.6) is 17.2 Å². The van der Waals surface area contributed by atoms with Gasteiger partial charge in [-0.1, -0.05) is 23.7 Å². The van der Waals surface area contributed by atoms with E-state index in [1.807, 2.05) is 0 Å². The number of phenols is 1. The first-order valence-corrected chi connectivity index (χ1v) is 7.74. The fourth-order valence-electron chi connectivity index (χ4n) is 2.76. The van der Waals surface area contributed by atoms with E-state index in [1.165, 1.54) is 18.2 Å². The summed E-state index contributed by atoms with van der Waals surface area (Å²) in [5.41, 5.74) is -0.909. The van der Waals surface area contributed by atoms with Crippen LogP contribution in [0.4, 0.5) is 0 Å². The van der Waals surface area contributed by atoms with Crippen LogP contribution in [0.15, 0.2) is 24.3 Å². The monoisotopic (exact) mass is 374 g/mol. The number of halogens is 1. The lowest BCUT2D eigenvalue weighted by Gasteiger charge is -2.23. The molecule has 1 aliphatic carbocycles. The highest BCUT2D eigenvalue weighted by molar-refractivity contribution is 6.37. The van der Waals surface area contributed by atoms with Crippen LogP contribution < -0.4 is 9.47 Å². The van der Waals surface area contributed by atoms with Crippen molar-refractivity contribution < 1.29 is 33.8 Å². The third-order valence-electron chi connectivity index (χ3n) is 3.67. The van der Waals surface area contributed by atoms with Crippen molar-refractivity contribution in [2.24, 2.45) is 0 Å². The molecular weight excluding hydrogens is 364 g/mol. The molecule has 8 heteroatoms. The van der Waals surface area contributed by atoms with Crippen molar-refractivity contribution in [2.75, 3.05) is 0 Å². The number of fused-ring (bicyclic) bond motifs is 2. The smallest absolute Gasteiger partial charge is 0.308 e. The normalized spacial score (nSPS) is 12.3. The zero-order chi connectivity index (χ0) is 19.2. The Balaban J connectivity index is 2.39. The molecule has 0 amide bonds. The molecule has 0 radical (unpaired) electrons. The molecule has 3 rings (SSSR count). The maximum absolute atomic E-state index is 12.9. The SMILES string of the molecule is CC(=O)Oc1cc(Cl)c(OC(C)=O)c2c1C(=O)c1c(O)cccc1C2=O. The molecular formula is C18H11ClO7. The summed E-state index contributed by atoms with van der Waals surface area (Å²) in [6, 6.07) is 5.11. The average molecular weight is 375 g/mol. The third-order valence-corrected chi connectivity index (χ3v) is 3.95. The summed E-state index contributed by atoms with van der Waals surface area (Å²) < 4.78 is 10.0. The fourth-order valence-corrected chi connectivity index (χ4v) is 2.99. The van der Waals surface area contributed by atoms with Gasteiger partial charge < -0.3 is 14.6 Å². The number of carbonyl (C=O) groups is 4. The van der Waals surface area contributed by atoms with E-state index >= 15 is 0 Å². The third kappa shape index (κ3) is 2.72. The summed E-state index contributed by atoms with van der Waals surface area (Å²) in [5, 5.41) is 9.84. The van der Waals surface area contributed by atoms with Crippen LogP contribution >= 0.6 is 11.6 Å². The largest absolute Gasteiger partial charge is 0.507 e. The predicted molar refractivity (Wildman–Crippen MR) is 89.0 cm³/mol. The summed E-state index contributed by atoms with van der Waals surface area (Å²) in [4.78, 5) is 48.7. The first-order valence-electron chi connectivity index (χ1n) is 7.37. The van der Waals surface area contributed by atoms with Gasteiger partial charge in [-0.2, -0.15) is 0 Å². The van der Waals surface area contributed by atoms with E-state index in [1.54, 1.807) is 0 Å². The van der Waals surface area contributed by atoms with E-state index in [0.717, 1.165) is 19.9 Å². The highest BCUT2D eigenvalue weighted by atomic mass is 35.5. The Morgan fingerprint density at radius 2 is 1.62 bits per heavy atom. The maximum Gasteiger partial charge on any atom is 0.308 e. The first kappa shape index (κ1) is 17.6. The predicted octanol–water partition coefficient (Wildman–Crippen LogP) is 2.67. The zero-order valence-corrected chi connectivity index (χ0v) is 14.3. The van der Waals surface area contributed by atoms with Crippen molar-refractivity contribution in [3.8, 4) is 17.2 Å². The van der Waals surface area contributed by atoms with Crippen molar-refractivity contribution in [1.29, 1.82) is 0 Å². The standard InChI is InChI=1S/C18H11ClO7/c1-7(20)25-12-6-10(19)18(26-8(2)21)15-14(12)17(24)13-9(16(15)23)4-3-5-11(13)22/h3-6,22H,1-2H3. The molecule has 0 fully saturated rings. The minimum absolute atomic E-state index is 0.0769. The summed E-state index contributed by atoms with van der Waals surface area (Å²) in [6.07, 6.45) is 0. The molecule has 26 heavy (non-hydrogen) atoms. The van der Waals surface area contributed by atoms with Crippen molar-refractivity contribution in [1.82, 2.24) is 0 Å².